The van der Waals surface area contributed by atoms with Gasteiger partial charge in [0.25, 0.3) is 0 Å². The molecule has 0 saturated heterocycles. The zero-order valence-corrected chi connectivity index (χ0v) is 10.9. The SMILES string of the molecule is CCn1ncc(CNCc2cnn(C)c2C)c1F. The minimum Gasteiger partial charge on any atom is -0.308 e. The second-order valence-corrected chi connectivity index (χ2v) is 4.26. The second-order valence-electron chi connectivity index (χ2n) is 4.26. The Balaban J connectivity index is 1.92. The van der Waals surface area contributed by atoms with Crippen LogP contribution < -0.4 is 5.32 Å². The highest BCUT2D eigenvalue weighted by molar-refractivity contribution is 5.15. The molecular formula is C12H18FN5. The lowest BCUT2D eigenvalue weighted by Gasteiger charge is -2.03. The Morgan fingerprint density at radius 1 is 1.22 bits per heavy atom. The lowest BCUT2D eigenvalue weighted by Crippen LogP contribution is -2.14. The van der Waals surface area contributed by atoms with Gasteiger partial charge in [0.05, 0.1) is 12.4 Å². The van der Waals surface area contributed by atoms with E-state index in [4.69, 9.17) is 0 Å². The molecule has 2 aromatic rings. The molecule has 0 aliphatic heterocycles. The first-order valence-electron chi connectivity index (χ1n) is 6.01. The van der Waals surface area contributed by atoms with Crippen molar-refractivity contribution in [3.8, 4) is 0 Å². The maximum atomic E-state index is 13.7. The number of nitrogens with zero attached hydrogens (tertiary/aromatic N) is 4. The molecule has 0 radical (unpaired) electrons. The van der Waals surface area contributed by atoms with Gasteiger partial charge in [0.15, 0.2) is 0 Å². The van der Waals surface area contributed by atoms with Crippen molar-refractivity contribution in [2.45, 2.75) is 33.5 Å². The molecule has 0 atom stereocenters. The summed E-state index contributed by atoms with van der Waals surface area (Å²) in [6.45, 7) is 5.58. The van der Waals surface area contributed by atoms with Crippen molar-refractivity contribution in [3.63, 3.8) is 0 Å². The lowest BCUT2D eigenvalue weighted by atomic mass is 10.2. The molecule has 0 aliphatic carbocycles. The van der Waals surface area contributed by atoms with Gasteiger partial charge in [0.1, 0.15) is 0 Å². The Morgan fingerprint density at radius 2 is 1.89 bits per heavy atom. The predicted molar refractivity (Wildman–Crippen MR) is 66.3 cm³/mol. The highest BCUT2D eigenvalue weighted by Gasteiger charge is 2.09. The summed E-state index contributed by atoms with van der Waals surface area (Å²) >= 11 is 0. The molecule has 0 saturated carbocycles. The molecule has 2 aromatic heterocycles. The largest absolute Gasteiger partial charge is 0.308 e. The van der Waals surface area contributed by atoms with E-state index in [1.807, 2.05) is 31.8 Å². The van der Waals surface area contributed by atoms with Gasteiger partial charge in [-0.15, -0.1) is 0 Å². The fraction of sp³-hybridized carbons (Fsp3) is 0.500. The molecule has 2 heterocycles. The van der Waals surface area contributed by atoms with Crippen LogP contribution in [0.4, 0.5) is 4.39 Å². The van der Waals surface area contributed by atoms with Gasteiger partial charge in [0, 0.05) is 43.5 Å². The molecule has 0 bridgehead atoms. The minimum atomic E-state index is -0.257. The Morgan fingerprint density at radius 3 is 2.44 bits per heavy atom. The van der Waals surface area contributed by atoms with Crippen molar-refractivity contribution in [1.82, 2.24) is 24.9 Å². The third kappa shape index (κ3) is 2.43. The zero-order valence-electron chi connectivity index (χ0n) is 10.9. The molecule has 18 heavy (non-hydrogen) atoms. The smallest absolute Gasteiger partial charge is 0.215 e. The molecule has 0 unspecified atom stereocenters. The average molecular weight is 251 g/mol. The van der Waals surface area contributed by atoms with E-state index in [-0.39, 0.29) is 5.95 Å². The molecule has 1 N–H and O–H groups in total. The number of aromatic nitrogens is 4. The summed E-state index contributed by atoms with van der Waals surface area (Å²) in [4.78, 5) is 0. The maximum Gasteiger partial charge on any atom is 0.215 e. The summed E-state index contributed by atoms with van der Waals surface area (Å²) in [5.41, 5.74) is 2.84. The molecule has 2 rings (SSSR count). The van der Waals surface area contributed by atoms with Gasteiger partial charge >= 0.3 is 0 Å². The van der Waals surface area contributed by atoms with E-state index in [0.29, 0.717) is 25.2 Å². The summed E-state index contributed by atoms with van der Waals surface area (Å²) in [5.74, 6) is -0.257. The van der Waals surface area contributed by atoms with Crippen LogP contribution in [-0.4, -0.2) is 19.6 Å². The van der Waals surface area contributed by atoms with E-state index in [2.05, 4.69) is 15.5 Å². The van der Waals surface area contributed by atoms with Crippen LogP contribution in [0.5, 0.6) is 0 Å². The van der Waals surface area contributed by atoms with Crippen LogP contribution in [0, 0.1) is 12.9 Å². The van der Waals surface area contributed by atoms with Crippen LogP contribution in [-0.2, 0) is 26.7 Å². The van der Waals surface area contributed by atoms with Crippen molar-refractivity contribution in [3.05, 3.63) is 35.2 Å². The first-order valence-corrected chi connectivity index (χ1v) is 6.01. The van der Waals surface area contributed by atoms with Crippen molar-refractivity contribution < 1.29 is 4.39 Å². The van der Waals surface area contributed by atoms with E-state index >= 15 is 0 Å². The molecule has 0 spiro atoms. The number of hydrogen-bond acceptors (Lipinski definition) is 3. The topological polar surface area (TPSA) is 47.7 Å². The zero-order chi connectivity index (χ0) is 13.1. The van der Waals surface area contributed by atoms with Crippen LogP contribution in [0.2, 0.25) is 0 Å². The Bertz CT molecular complexity index is 529. The van der Waals surface area contributed by atoms with Gasteiger partial charge in [-0.05, 0) is 13.8 Å². The summed E-state index contributed by atoms with van der Waals surface area (Å²) in [6.07, 6.45) is 3.40. The van der Waals surface area contributed by atoms with Gasteiger partial charge in [-0.1, -0.05) is 0 Å². The standard InChI is InChI=1S/C12H18FN5/c1-4-18-12(13)11(8-16-18)6-14-5-10-7-15-17(3)9(10)2/h7-8,14H,4-6H2,1-3H3. The Kier molecular flexibility index (Phi) is 3.76. The van der Waals surface area contributed by atoms with E-state index < -0.39 is 0 Å². The number of aryl methyl sites for hydroxylation is 2. The fourth-order valence-electron chi connectivity index (χ4n) is 1.80. The first-order chi connectivity index (χ1) is 8.63. The van der Waals surface area contributed by atoms with Crippen LogP contribution in [0.1, 0.15) is 23.7 Å². The molecule has 6 heteroatoms. The predicted octanol–water partition coefficient (Wildman–Crippen LogP) is 1.37. The molecule has 0 fully saturated rings. The van der Waals surface area contributed by atoms with Crippen molar-refractivity contribution >= 4 is 0 Å². The van der Waals surface area contributed by atoms with Crippen molar-refractivity contribution in [2.75, 3.05) is 0 Å². The fourth-order valence-corrected chi connectivity index (χ4v) is 1.80. The number of nitrogens with one attached hydrogen (secondary N) is 1. The van der Waals surface area contributed by atoms with E-state index in [0.717, 1.165) is 11.3 Å². The molecule has 0 aromatic carbocycles. The second kappa shape index (κ2) is 5.30. The van der Waals surface area contributed by atoms with E-state index in [1.165, 1.54) is 4.68 Å². The third-order valence-corrected chi connectivity index (χ3v) is 3.11. The molecular weight excluding hydrogens is 233 g/mol. The number of rotatable bonds is 5. The molecule has 5 nitrogen and oxygen atoms in total. The van der Waals surface area contributed by atoms with Gasteiger partial charge in [-0.2, -0.15) is 14.6 Å². The highest BCUT2D eigenvalue weighted by atomic mass is 19.1. The Hall–Kier alpha value is -1.69. The van der Waals surface area contributed by atoms with Crippen LogP contribution in [0.3, 0.4) is 0 Å². The van der Waals surface area contributed by atoms with Gasteiger partial charge in [-0.3, -0.25) is 4.68 Å². The minimum absolute atomic E-state index is 0.257. The Labute approximate surface area is 106 Å². The van der Waals surface area contributed by atoms with E-state index in [1.54, 1.807) is 6.20 Å². The van der Waals surface area contributed by atoms with Crippen molar-refractivity contribution in [2.24, 2.45) is 7.05 Å². The molecule has 98 valence electrons. The van der Waals surface area contributed by atoms with Gasteiger partial charge < -0.3 is 5.32 Å². The quantitative estimate of drug-likeness (QED) is 0.873. The first kappa shape index (κ1) is 12.8. The summed E-state index contributed by atoms with van der Waals surface area (Å²) in [7, 11) is 1.91. The maximum absolute atomic E-state index is 13.7. The normalized spacial score (nSPS) is 11.1. The molecule has 0 aliphatic rings. The van der Waals surface area contributed by atoms with Crippen molar-refractivity contribution in [1.29, 1.82) is 0 Å². The summed E-state index contributed by atoms with van der Waals surface area (Å²) < 4.78 is 16.9. The van der Waals surface area contributed by atoms with E-state index in [9.17, 15) is 4.39 Å². The lowest BCUT2D eigenvalue weighted by molar-refractivity contribution is 0.460. The van der Waals surface area contributed by atoms with Gasteiger partial charge in [-0.25, -0.2) is 4.68 Å². The summed E-state index contributed by atoms with van der Waals surface area (Å²) in [6, 6.07) is 0. The third-order valence-electron chi connectivity index (χ3n) is 3.11. The average Bonchev–Trinajstić information content (AvgIpc) is 2.87. The number of hydrogen-bond donors (Lipinski definition) is 1. The van der Waals surface area contributed by atoms with Crippen LogP contribution in [0.25, 0.3) is 0 Å². The number of halogens is 1. The summed E-state index contributed by atoms with van der Waals surface area (Å²) in [5, 5.41) is 11.3. The monoisotopic (exact) mass is 251 g/mol. The van der Waals surface area contributed by atoms with Crippen LogP contribution in [0.15, 0.2) is 12.4 Å². The molecule has 0 amide bonds. The van der Waals surface area contributed by atoms with Gasteiger partial charge in [0.2, 0.25) is 5.95 Å². The van der Waals surface area contributed by atoms with Crippen LogP contribution >= 0.6 is 0 Å². The highest BCUT2D eigenvalue weighted by Crippen LogP contribution is 2.08.